The van der Waals surface area contributed by atoms with E-state index in [2.05, 4.69) is 0 Å². The maximum atomic E-state index is 13.8. The first-order valence-corrected chi connectivity index (χ1v) is 11.1. The fourth-order valence-corrected chi connectivity index (χ4v) is 4.65. The molecule has 5 rings (SSSR count). The molecule has 0 bridgehead atoms. The summed E-state index contributed by atoms with van der Waals surface area (Å²) in [5.74, 6) is 0.785. The molecule has 1 aliphatic heterocycles. The molecule has 2 heterocycles. The van der Waals surface area contributed by atoms with Crippen LogP contribution in [0.1, 0.15) is 38.9 Å². The van der Waals surface area contributed by atoms with Crippen molar-refractivity contribution in [3.05, 3.63) is 97.9 Å². The average Bonchev–Trinajstić information content (AvgIpc) is 3.13. The molecule has 1 atom stereocenters. The van der Waals surface area contributed by atoms with Gasteiger partial charge in [0.15, 0.2) is 5.43 Å². The standard InChI is InChI=1S/C27H22ClNO5/c1-14-11-19-22(12-15(14)2)34-26-23(25(19)30)24(16-5-8-18(32-3)9-6-16)29(27(26)31)17-7-10-21(33-4)20(28)13-17/h5-13,24H,1-4H3. The Morgan fingerprint density at radius 3 is 2.26 bits per heavy atom. The van der Waals surface area contributed by atoms with E-state index >= 15 is 0 Å². The molecule has 6 nitrogen and oxygen atoms in total. The van der Waals surface area contributed by atoms with Crippen molar-refractivity contribution in [1.82, 2.24) is 0 Å². The van der Waals surface area contributed by atoms with E-state index < -0.39 is 11.9 Å². The van der Waals surface area contributed by atoms with Crippen LogP contribution in [-0.2, 0) is 0 Å². The number of amides is 1. The van der Waals surface area contributed by atoms with Crippen molar-refractivity contribution >= 4 is 34.2 Å². The van der Waals surface area contributed by atoms with Crippen molar-refractivity contribution in [2.75, 3.05) is 19.1 Å². The normalized spacial score (nSPS) is 15.0. The van der Waals surface area contributed by atoms with Crippen LogP contribution >= 0.6 is 11.6 Å². The molecule has 0 saturated carbocycles. The Morgan fingerprint density at radius 1 is 0.912 bits per heavy atom. The molecule has 1 aromatic heterocycles. The van der Waals surface area contributed by atoms with Gasteiger partial charge in [-0.1, -0.05) is 23.7 Å². The van der Waals surface area contributed by atoms with E-state index in [-0.39, 0.29) is 11.2 Å². The molecule has 0 fully saturated rings. The first-order valence-electron chi connectivity index (χ1n) is 10.7. The van der Waals surface area contributed by atoms with Crippen molar-refractivity contribution < 1.29 is 18.7 Å². The van der Waals surface area contributed by atoms with E-state index in [9.17, 15) is 9.59 Å². The molecule has 0 spiro atoms. The summed E-state index contributed by atoms with van der Waals surface area (Å²) in [5, 5.41) is 0.802. The van der Waals surface area contributed by atoms with Crippen LogP contribution < -0.4 is 19.8 Å². The van der Waals surface area contributed by atoms with Crippen molar-refractivity contribution in [1.29, 1.82) is 0 Å². The topological polar surface area (TPSA) is 69.0 Å². The Bertz CT molecular complexity index is 1510. The van der Waals surface area contributed by atoms with Crippen LogP contribution in [0.3, 0.4) is 0 Å². The highest BCUT2D eigenvalue weighted by Crippen LogP contribution is 2.43. The van der Waals surface area contributed by atoms with Gasteiger partial charge in [0.2, 0.25) is 5.76 Å². The lowest BCUT2D eigenvalue weighted by atomic mass is 9.97. The maximum Gasteiger partial charge on any atom is 0.295 e. The number of hydrogen-bond donors (Lipinski definition) is 0. The van der Waals surface area contributed by atoms with Gasteiger partial charge >= 0.3 is 0 Å². The highest BCUT2D eigenvalue weighted by Gasteiger charge is 2.43. The zero-order valence-electron chi connectivity index (χ0n) is 19.1. The second kappa shape index (κ2) is 8.22. The van der Waals surface area contributed by atoms with Crippen LogP contribution in [0.15, 0.2) is 63.8 Å². The summed E-state index contributed by atoms with van der Waals surface area (Å²) in [7, 11) is 3.11. The van der Waals surface area contributed by atoms with Gasteiger partial charge < -0.3 is 13.9 Å². The summed E-state index contributed by atoms with van der Waals surface area (Å²) in [6.45, 7) is 3.88. The molecule has 0 radical (unpaired) electrons. The number of methoxy groups -OCH3 is 2. The van der Waals surface area contributed by atoms with Gasteiger partial charge in [-0.2, -0.15) is 0 Å². The summed E-state index contributed by atoms with van der Waals surface area (Å²) < 4.78 is 16.6. The molecule has 1 amide bonds. The lowest BCUT2D eigenvalue weighted by Crippen LogP contribution is -2.29. The lowest BCUT2D eigenvalue weighted by Gasteiger charge is -2.25. The fraction of sp³-hybridized carbons (Fsp3) is 0.185. The number of nitrogens with zero attached hydrogens (tertiary/aromatic N) is 1. The SMILES string of the molecule is COc1ccc(C2c3c(oc4cc(C)c(C)cc4c3=O)C(=O)N2c2ccc(OC)c(Cl)c2)cc1. The Kier molecular flexibility index (Phi) is 5.33. The molecular formula is C27H22ClNO5. The number of ether oxygens (including phenoxy) is 2. The van der Waals surface area contributed by atoms with Crippen LogP contribution in [0.2, 0.25) is 5.02 Å². The third-order valence-electron chi connectivity index (χ3n) is 6.33. The van der Waals surface area contributed by atoms with Crippen molar-refractivity contribution in [2.45, 2.75) is 19.9 Å². The van der Waals surface area contributed by atoms with Crippen LogP contribution in [-0.4, -0.2) is 20.1 Å². The van der Waals surface area contributed by atoms with Gasteiger partial charge in [0, 0.05) is 5.69 Å². The lowest BCUT2D eigenvalue weighted by molar-refractivity contribution is 0.0971. The van der Waals surface area contributed by atoms with Crippen molar-refractivity contribution in [3.63, 3.8) is 0 Å². The van der Waals surface area contributed by atoms with Gasteiger partial charge in [-0.25, -0.2) is 0 Å². The summed E-state index contributed by atoms with van der Waals surface area (Å²) in [6, 6.07) is 15.3. The average molecular weight is 476 g/mol. The number of anilines is 1. The number of rotatable bonds is 4. The van der Waals surface area contributed by atoms with Crippen LogP contribution in [0.4, 0.5) is 5.69 Å². The van der Waals surface area contributed by atoms with Crippen LogP contribution in [0.5, 0.6) is 11.5 Å². The molecule has 4 aromatic rings. The quantitative estimate of drug-likeness (QED) is 0.371. The van der Waals surface area contributed by atoms with E-state index in [1.54, 1.807) is 48.4 Å². The minimum atomic E-state index is -0.694. The molecule has 0 saturated heterocycles. The van der Waals surface area contributed by atoms with Gasteiger partial charge in [0.05, 0.1) is 36.2 Å². The second-order valence-corrected chi connectivity index (χ2v) is 8.68. The minimum absolute atomic E-state index is 0.0357. The molecule has 172 valence electrons. The molecule has 3 aromatic carbocycles. The Hall–Kier alpha value is -3.77. The number of aryl methyl sites for hydroxylation is 2. The molecule has 0 aliphatic carbocycles. The highest BCUT2D eigenvalue weighted by atomic mass is 35.5. The predicted octanol–water partition coefficient (Wildman–Crippen LogP) is 5.83. The van der Waals surface area contributed by atoms with Crippen molar-refractivity contribution in [2.24, 2.45) is 0 Å². The summed E-state index contributed by atoms with van der Waals surface area (Å²) in [5.41, 5.74) is 3.70. The Balaban J connectivity index is 1.79. The number of hydrogen-bond acceptors (Lipinski definition) is 5. The fourth-order valence-electron chi connectivity index (χ4n) is 4.40. The Labute approximate surface area is 201 Å². The number of fused-ring (bicyclic) bond motifs is 2. The van der Waals surface area contributed by atoms with E-state index in [4.69, 9.17) is 25.5 Å². The van der Waals surface area contributed by atoms with Gasteiger partial charge in [0.25, 0.3) is 5.91 Å². The van der Waals surface area contributed by atoms with Gasteiger partial charge in [-0.3, -0.25) is 14.5 Å². The highest BCUT2D eigenvalue weighted by molar-refractivity contribution is 6.32. The zero-order valence-corrected chi connectivity index (χ0v) is 19.9. The maximum absolute atomic E-state index is 13.8. The molecule has 0 N–H and O–H groups in total. The Morgan fingerprint density at radius 2 is 1.62 bits per heavy atom. The summed E-state index contributed by atoms with van der Waals surface area (Å²) >= 11 is 6.39. The van der Waals surface area contributed by atoms with E-state index in [1.807, 2.05) is 32.0 Å². The van der Waals surface area contributed by atoms with E-state index in [1.165, 1.54) is 7.11 Å². The number of benzene rings is 3. The third-order valence-corrected chi connectivity index (χ3v) is 6.63. The molecule has 1 unspecified atom stereocenters. The van der Waals surface area contributed by atoms with Gasteiger partial charge in [-0.05, 0) is 73.0 Å². The smallest absolute Gasteiger partial charge is 0.295 e. The monoisotopic (exact) mass is 475 g/mol. The summed E-state index contributed by atoms with van der Waals surface area (Å²) in [6.07, 6.45) is 0. The molecular weight excluding hydrogens is 454 g/mol. The van der Waals surface area contributed by atoms with Crippen LogP contribution in [0.25, 0.3) is 11.0 Å². The van der Waals surface area contributed by atoms with E-state index in [0.717, 1.165) is 16.7 Å². The first-order chi connectivity index (χ1) is 16.3. The first kappa shape index (κ1) is 22.0. The zero-order chi connectivity index (χ0) is 24.1. The van der Waals surface area contributed by atoms with Gasteiger partial charge in [0.1, 0.15) is 17.1 Å². The minimum Gasteiger partial charge on any atom is -0.497 e. The van der Waals surface area contributed by atoms with Crippen molar-refractivity contribution in [3.8, 4) is 11.5 Å². The third kappa shape index (κ3) is 3.33. The molecule has 7 heteroatoms. The molecule has 1 aliphatic rings. The predicted molar refractivity (Wildman–Crippen MR) is 132 cm³/mol. The largest absolute Gasteiger partial charge is 0.497 e. The second-order valence-electron chi connectivity index (χ2n) is 8.28. The van der Waals surface area contributed by atoms with Crippen LogP contribution in [0, 0.1) is 13.8 Å². The number of halogens is 1. The summed E-state index contributed by atoms with van der Waals surface area (Å²) in [4.78, 5) is 29.0. The molecule has 34 heavy (non-hydrogen) atoms. The number of carbonyl (C=O) groups excluding carboxylic acids is 1. The van der Waals surface area contributed by atoms with E-state index in [0.29, 0.717) is 38.7 Å². The van der Waals surface area contributed by atoms with Gasteiger partial charge in [-0.15, -0.1) is 0 Å². The number of carbonyl (C=O) groups is 1.